The van der Waals surface area contributed by atoms with Crippen LogP contribution in [0.15, 0.2) is 6.20 Å². The third-order valence-corrected chi connectivity index (χ3v) is 3.73. The van der Waals surface area contributed by atoms with Gasteiger partial charge in [-0.1, -0.05) is 13.3 Å². The van der Waals surface area contributed by atoms with Crippen molar-refractivity contribution in [3.05, 3.63) is 16.1 Å². The predicted molar refractivity (Wildman–Crippen MR) is 75.2 cm³/mol. The van der Waals surface area contributed by atoms with Crippen molar-refractivity contribution < 1.29 is 0 Å². The number of nitrogens with one attached hydrogen (secondary N) is 1. The first kappa shape index (κ1) is 14.6. The van der Waals surface area contributed by atoms with Crippen molar-refractivity contribution in [3.63, 3.8) is 0 Å². The van der Waals surface area contributed by atoms with Crippen LogP contribution in [0.3, 0.4) is 0 Å². The van der Waals surface area contributed by atoms with Crippen molar-refractivity contribution in [1.29, 1.82) is 0 Å². The molecule has 0 saturated carbocycles. The molecule has 4 heteroatoms. The van der Waals surface area contributed by atoms with Crippen molar-refractivity contribution in [2.24, 2.45) is 11.7 Å². The van der Waals surface area contributed by atoms with Crippen molar-refractivity contribution in [1.82, 2.24) is 10.3 Å². The fourth-order valence-corrected chi connectivity index (χ4v) is 2.58. The number of nitrogens with two attached hydrogens (primary N) is 1. The molecule has 0 bridgehead atoms. The molecule has 1 aromatic heterocycles. The minimum Gasteiger partial charge on any atom is -0.328 e. The molecule has 3 nitrogen and oxygen atoms in total. The average molecular weight is 255 g/mol. The summed E-state index contributed by atoms with van der Waals surface area (Å²) >= 11 is 1.77. The molecule has 0 spiro atoms. The van der Waals surface area contributed by atoms with Gasteiger partial charge < -0.3 is 11.1 Å². The molecule has 0 aliphatic rings. The summed E-state index contributed by atoms with van der Waals surface area (Å²) in [5, 5.41) is 4.64. The quantitative estimate of drug-likeness (QED) is 0.751. The first-order chi connectivity index (χ1) is 8.08. The molecule has 1 heterocycles. The summed E-state index contributed by atoms with van der Waals surface area (Å²) in [5.74, 6) is 0.725. The Morgan fingerprint density at radius 1 is 1.41 bits per heavy atom. The molecular weight excluding hydrogens is 230 g/mol. The van der Waals surface area contributed by atoms with Gasteiger partial charge in [0.05, 0.1) is 5.01 Å². The van der Waals surface area contributed by atoms with Gasteiger partial charge in [-0.25, -0.2) is 4.98 Å². The van der Waals surface area contributed by atoms with E-state index in [1.807, 2.05) is 13.1 Å². The normalized spacial score (nSPS) is 14.8. The lowest BCUT2D eigenvalue weighted by molar-refractivity contribution is 0.449. The average Bonchev–Trinajstić information content (AvgIpc) is 2.63. The Morgan fingerprint density at radius 3 is 2.76 bits per heavy atom. The first-order valence-electron chi connectivity index (χ1n) is 6.45. The Labute approximate surface area is 109 Å². The smallest absolute Gasteiger partial charge is 0.0897 e. The second kappa shape index (κ2) is 7.80. The molecule has 0 aliphatic carbocycles. The molecular formula is C13H25N3S. The van der Waals surface area contributed by atoms with Crippen molar-refractivity contribution in [3.8, 4) is 0 Å². The molecule has 0 amide bonds. The number of aryl methyl sites for hydroxylation is 1. The molecule has 3 N–H and O–H groups in total. The SMILES string of the molecule is Cc1ncc(CNCC(C)CCCC(C)N)s1. The van der Waals surface area contributed by atoms with E-state index in [1.165, 1.54) is 17.7 Å². The van der Waals surface area contributed by atoms with E-state index in [0.29, 0.717) is 6.04 Å². The highest BCUT2D eigenvalue weighted by Gasteiger charge is 2.04. The summed E-state index contributed by atoms with van der Waals surface area (Å²) in [4.78, 5) is 5.57. The van der Waals surface area contributed by atoms with Gasteiger partial charge in [0.2, 0.25) is 0 Å². The van der Waals surface area contributed by atoms with Gasteiger partial charge in [0, 0.05) is 23.7 Å². The monoisotopic (exact) mass is 255 g/mol. The van der Waals surface area contributed by atoms with Gasteiger partial charge in [0.15, 0.2) is 0 Å². The number of nitrogens with zero attached hydrogens (tertiary/aromatic N) is 1. The van der Waals surface area contributed by atoms with Crippen LogP contribution in [0.5, 0.6) is 0 Å². The predicted octanol–water partition coefficient (Wildman–Crippen LogP) is 2.69. The second-order valence-corrected chi connectivity index (χ2v) is 6.31. The molecule has 2 unspecified atom stereocenters. The topological polar surface area (TPSA) is 50.9 Å². The molecule has 0 fully saturated rings. The van der Waals surface area contributed by atoms with Crippen LogP contribution in [0.25, 0.3) is 0 Å². The fraction of sp³-hybridized carbons (Fsp3) is 0.769. The molecule has 0 radical (unpaired) electrons. The molecule has 98 valence electrons. The van der Waals surface area contributed by atoms with E-state index in [4.69, 9.17) is 5.73 Å². The zero-order valence-corrected chi connectivity index (χ0v) is 12.0. The number of hydrogen-bond donors (Lipinski definition) is 2. The first-order valence-corrected chi connectivity index (χ1v) is 7.27. The molecule has 0 aliphatic heterocycles. The van der Waals surface area contributed by atoms with E-state index in [0.717, 1.165) is 30.4 Å². The zero-order chi connectivity index (χ0) is 12.7. The lowest BCUT2D eigenvalue weighted by atomic mass is 10.0. The Balaban J connectivity index is 2.05. The highest BCUT2D eigenvalue weighted by atomic mass is 32.1. The number of thiazole rings is 1. The summed E-state index contributed by atoms with van der Waals surface area (Å²) in [5.41, 5.74) is 5.74. The summed E-state index contributed by atoms with van der Waals surface area (Å²) in [6, 6.07) is 0.343. The van der Waals surface area contributed by atoms with Gasteiger partial charge in [-0.15, -0.1) is 11.3 Å². The summed E-state index contributed by atoms with van der Waals surface area (Å²) in [6.45, 7) is 8.45. The molecule has 17 heavy (non-hydrogen) atoms. The molecule has 1 rings (SSSR count). The van der Waals surface area contributed by atoms with E-state index < -0.39 is 0 Å². The zero-order valence-electron chi connectivity index (χ0n) is 11.2. The molecule has 0 saturated heterocycles. The summed E-state index contributed by atoms with van der Waals surface area (Å²) in [6.07, 6.45) is 5.60. The minimum absolute atomic E-state index is 0.343. The van der Waals surface area contributed by atoms with Crippen LogP contribution >= 0.6 is 11.3 Å². The molecule has 2 atom stereocenters. The largest absolute Gasteiger partial charge is 0.328 e. The van der Waals surface area contributed by atoms with Gasteiger partial charge >= 0.3 is 0 Å². The Morgan fingerprint density at radius 2 is 2.18 bits per heavy atom. The van der Waals surface area contributed by atoms with Gasteiger partial charge in [-0.3, -0.25) is 0 Å². The van der Waals surface area contributed by atoms with Gasteiger partial charge in [-0.05, 0) is 39.2 Å². The Bertz CT molecular complexity index is 309. The van der Waals surface area contributed by atoms with E-state index in [1.54, 1.807) is 11.3 Å². The van der Waals surface area contributed by atoms with Crippen LogP contribution < -0.4 is 11.1 Å². The maximum absolute atomic E-state index is 5.74. The maximum atomic E-state index is 5.74. The number of aromatic nitrogens is 1. The van der Waals surface area contributed by atoms with Crippen LogP contribution in [0.4, 0.5) is 0 Å². The van der Waals surface area contributed by atoms with Gasteiger partial charge in [-0.2, -0.15) is 0 Å². The van der Waals surface area contributed by atoms with Crippen LogP contribution in [0.2, 0.25) is 0 Å². The van der Waals surface area contributed by atoms with Crippen LogP contribution in [0, 0.1) is 12.8 Å². The van der Waals surface area contributed by atoms with Crippen molar-refractivity contribution >= 4 is 11.3 Å². The number of hydrogen-bond acceptors (Lipinski definition) is 4. The molecule has 1 aromatic rings. The standard InChI is InChI=1S/C13H25N3S/c1-10(5-4-6-11(2)14)7-15-8-13-9-16-12(3)17-13/h9-11,15H,4-8,14H2,1-3H3. The van der Waals surface area contributed by atoms with Gasteiger partial charge in [0.25, 0.3) is 0 Å². The van der Waals surface area contributed by atoms with Gasteiger partial charge in [0.1, 0.15) is 0 Å². The maximum Gasteiger partial charge on any atom is 0.0897 e. The third kappa shape index (κ3) is 6.76. The third-order valence-electron chi connectivity index (χ3n) is 2.82. The van der Waals surface area contributed by atoms with Crippen molar-refractivity contribution in [2.75, 3.05) is 6.54 Å². The highest BCUT2D eigenvalue weighted by Crippen LogP contribution is 2.12. The Kier molecular flexibility index (Phi) is 6.70. The minimum atomic E-state index is 0.343. The van der Waals surface area contributed by atoms with Crippen molar-refractivity contribution in [2.45, 2.75) is 52.6 Å². The lowest BCUT2D eigenvalue weighted by Gasteiger charge is -2.12. The van der Waals surface area contributed by atoms with E-state index in [9.17, 15) is 0 Å². The number of rotatable bonds is 8. The van der Waals surface area contributed by atoms with Crippen LogP contribution in [-0.2, 0) is 6.54 Å². The van der Waals surface area contributed by atoms with E-state index >= 15 is 0 Å². The summed E-state index contributed by atoms with van der Waals surface area (Å²) in [7, 11) is 0. The van der Waals surface area contributed by atoms with Crippen LogP contribution in [-0.4, -0.2) is 17.6 Å². The molecule has 0 aromatic carbocycles. The second-order valence-electron chi connectivity index (χ2n) is 4.99. The fourth-order valence-electron chi connectivity index (χ4n) is 1.82. The van der Waals surface area contributed by atoms with Crippen LogP contribution in [0.1, 0.15) is 43.0 Å². The summed E-state index contributed by atoms with van der Waals surface area (Å²) < 4.78 is 0. The Hall–Kier alpha value is -0.450. The highest BCUT2D eigenvalue weighted by molar-refractivity contribution is 7.11. The van der Waals surface area contributed by atoms with E-state index in [-0.39, 0.29) is 0 Å². The lowest BCUT2D eigenvalue weighted by Crippen LogP contribution is -2.21. The van der Waals surface area contributed by atoms with E-state index in [2.05, 4.69) is 24.1 Å².